The van der Waals surface area contributed by atoms with Crippen LogP contribution in [-0.4, -0.2) is 42.0 Å². The van der Waals surface area contributed by atoms with E-state index in [1.807, 2.05) is 25.3 Å². The zero-order valence-electron chi connectivity index (χ0n) is 15.5. The maximum Gasteiger partial charge on any atom is 0.349 e. The van der Waals surface area contributed by atoms with Crippen LogP contribution >= 0.6 is 11.3 Å². The minimum absolute atomic E-state index is 0.167. The van der Waals surface area contributed by atoms with Crippen molar-refractivity contribution >= 4 is 22.4 Å². The lowest BCUT2D eigenvalue weighted by atomic mass is 10.00. The van der Waals surface area contributed by atoms with Gasteiger partial charge in [-0.2, -0.15) is 0 Å². The van der Waals surface area contributed by atoms with E-state index in [4.69, 9.17) is 4.42 Å². The van der Waals surface area contributed by atoms with Crippen molar-refractivity contribution < 1.29 is 9.21 Å². The minimum Gasteiger partial charge on any atom is -0.427 e. The van der Waals surface area contributed by atoms with Gasteiger partial charge in [0.1, 0.15) is 11.3 Å². The number of hydrogen-bond donors (Lipinski definition) is 0. The molecule has 1 saturated heterocycles. The van der Waals surface area contributed by atoms with Crippen LogP contribution in [0, 0.1) is 6.92 Å². The molecule has 3 rings (SSSR count). The Morgan fingerprint density at radius 2 is 2.08 bits per heavy atom. The summed E-state index contributed by atoms with van der Waals surface area (Å²) >= 11 is 1.59. The van der Waals surface area contributed by atoms with Crippen LogP contribution in [0.5, 0.6) is 0 Å². The van der Waals surface area contributed by atoms with Crippen molar-refractivity contribution in [2.75, 3.05) is 31.1 Å². The number of anilines is 1. The maximum absolute atomic E-state index is 12.9. The number of hydrogen-bond acceptors (Lipinski definition) is 6. The lowest BCUT2D eigenvalue weighted by Gasteiger charge is -2.34. The Bertz CT molecular complexity index is 808. The minimum atomic E-state index is -0.518. The van der Waals surface area contributed by atoms with Gasteiger partial charge in [0.15, 0.2) is 5.13 Å². The predicted octanol–water partition coefficient (Wildman–Crippen LogP) is 3.27. The number of rotatable bonds is 5. The quantitative estimate of drug-likeness (QED) is 0.802. The van der Waals surface area contributed by atoms with Gasteiger partial charge in [-0.15, -0.1) is 11.3 Å². The van der Waals surface area contributed by atoms with E-state index in [0.29, 0.717) is 24.4 Å². The maximum atomic E-state index is 12.9. The van der Waals surface area contributed by atoms with Crippen LogP contribution in [0.4, 0.5) is 5.13 Å². The van der Waals surface area contributed by atoms with Gasteiger partial charge in [-0.3, -0.25) is 4.79 Å². The zero-order valence-corrected chi connectivity index (χ0v) is 16.3. The van der Waals surface area contributed by atoms with E-state index < -0.39 is 5.63 Å². The Morgan fingerprint density at radius 1 is 1.35 bits per heavy atom. The van der Waals surface area contributed by atoms with Gasteiger partial charge in [-0.05, 0) is 25.0 Å². The van der Waals surface area contributed by atoms with Gasteiger partial charge in [0, 0.05) is 43.7 Å². The number of amides is 1. The smallest absolute Gasteiger partial charge is 0.349 e. The average Bonchev–Trinajstić information content (AvgIpc) is 3.16. The summed E-state index contributed by atoms with van der Waals surface area (Å²) in [5, 5.41) is 2.92. The molecule has 7 heteroatoms. The first-order valence-electron chi connectivity index (χ1n) is 9.09. The summed E-state index contributed by atoms with van der Waals surface area (Å²) < 4.78 is 5.47. The molecule has 2 aromatic heterocycles. The zero-order chi connectivity index (χ0) is 18.7. The predicted molar refractivity (Wildman–Crippen MR) is 103 cm³/mol. The topological polar surface area (TPSA) is 66.7 Å². The molecule has 1 aliphatic rings. The highest BCUT2D eigenvalue weighted by Gasteiger charge is 2.27. The highest BCUT2D eigenvalue weighted by atomic mass is 32.1. The molecular weight excluding hydrogens is 350 g/mol. The van der Waals surface area contributed by atoms with E-state index in [1.54, 1.807) is 22.4 Å². The number of carbonyl (C=O) groups is 1. The van der Waals surface area contributed by atoms with Crippen LogP contribution in [0.15, 0.2) is 26.9 Å². The number of nitrogens with zero attached hydrogens (tertiary/aromatic N) is 3. The molecule has 0 bridgehead atoms. The molecule has 140 valence electrons. The Morgan fingerprint density at radius 3 is 2.65 bits per heavy atom. The average molecular weight is 375 g/mol. The Labute approximate surface area is 157 Å². The second-order valence-corrected chi connectivity index (χ2v) is 7.65. The van der Waals surface area contributed by atoms with E-state index in [1.165, 1.54) is 0 Å². The van der Waals surface area contributed by atoms with Gasteiger partial charge in [0.05, 0.1) is 0 Å². The van der Waals surface area contributed by atoms with Crippen LogP contribution < -0.4 is 10.5 Å². The molecule has 2 aromatic rings. The van der Waals surface area contributed by atoms with E-state index in [2.05, 4.69) is 16.8 Å². The normalized spacial score (nSPS) is 16.0. The first-order chi connectivity index (χ1) is 12.5. The van der Waals surface area contributed by atoms with Crippen molar-refractivity contribution in [1.82, 2.24) is 9.88 Å². The summed E-state index contributed by atoms with van der Waals surface area (Å²) in [5.41, 5.74) is 0.349. The van der Waals surface area contributed by atoms with Gasteiger partial charge < -0.3 is 14.2 Å². The highest BCUT2D eigenvalue weighted by Crippen LogP contribution is 2.23. The van der Waals surface area contributed by atoms with Gasteiger partial charge >= 0.3 is 5.63 Å². The Kier molecular flexibility index (Phi) is 5.76. The van der Waals surface area contributed by atoms with Crippen molar-refractivity contribution in [3.8, 4) is 0 Å². The van der Waals surface area contributed by atoms with Gasteiger partial charge in [0.25, 0.3) is 5.91 Å². The van der Waals surface area contributed by atoms with Crippen LogP contribution in [-0.2, 0) is 0 Å². The first-order valence-corrected chi connectivity index (χ1v) is 9.97. The molecule has 1 unspecified atom stereocenters. The molecule has 0 aliphatic carbocycles. The van der Waals surface area contributed by atoms with E-state index >= 15 is 0 Å². The highest BCUT2D eigenvalue weighted by molar-refractivity contribution is 7.13. The third-order valence-electron chi connectivity index (χ3n) is 4.85. The molecule has 1 aliphatic heterocycles. The molecule has 0 radical (unpaired) electrons. The monoisotopic (exact) mass is 375 g/mol. The summed E-state index contributed by atoms with van der Waals surface area (Å²) in [6, 6.07) is 1.85. The summed E-state index contributed by atoms with van der Waals surface area (Å²) in [6.45, 7) is 8.55. The van der Waals surface area contributed by atoms with Gasteiger partial charge in [0.2, 0.25) is 0 Å². The van der Waals surface area contributed by atoms with Crippen molar-refractivity contribution in [3.63, 3.8) is 0 Å². The van der Waals surface area contributed by atoms with Crippen molar-refractivity contribution in [1.29, 1.82) is 0 Å². The van der Waals surface area contributed by atoms with Crippen molar-refractivity contribution in [2.45, 2.75) is 39.5 Å². The Balaban J connectivity index is 1.73. The lowest BCUT2D eigenvalue weighted by molar-refractivity contribution is 0.0740. The summed E-state index contributed by atoms with van der Waals surface area (Å²) in [4.78, 5) is 33.6. The number of piperazine rings is 1. The number of thiazole rings is 1. The summed E-state index contributed by atoms with van der Waals surface area (Å²) in [6.07, 6.45) is 3.76. The molecule has 1 amide bonds. The second kappa shape index (κ2) is 8.03. The molecule has 0 aromatic carbocycles. The molecule has 0 saturated carbocycles. The van der Waals surface area contributed by atoms with Gasteiger partial charge in [-0.1, -0.05) is 20.3 Å². The fraction of sp³-hybridized carbons (Fsp3) is 0.526. The molecular formula is C19H25N3O3S. The second-order valence-electron chi connectivity index (χ2n) is 6.78. The van der Waals surface area contributed by atoms with Crippen LogP contribution in [0.1, 0.15) is 54.3 Å². The van der Waals surface area contributed by atoms with E-state index in [-0.39, 0.29) is 17.4 Å². The molecule has 0 spiro atoms. The molecule has 3 heterocycles. The lowest BCUT2D eigenvalue weighted by Crippen LogP contribution is -2.49. The molecule has 0 N–H and O–H groups in total. The van der Waals surface area contributed by atoms with Crippen LogP contribution in [0.25, 0.3) is 0 Å². The first kappa shape index (κ1) is 18.6. The fourth-order valence-corrected chi connectivity index (χ4v) is 4.04. The number of aryl methyl sites for hydroxylation is 1. The van der Waals surface area contributed by atoms with Crippen molar-refractivity contribution in [3.05, 3.63) is 45.0 Å². The number of aromatic nitrogens is 1. The summed E-state index contributed by atoms with van der Waals surface area (Å²) in [5.74, 6) is 0.613. The Hall–Kier alpha value is -2.15. The van der Waals surface area contributed by atoms with Crippen LogP contribution in [0.2, 0.25) is 0 Å². The SMILES string of the molecule is CCCC(C)c1cc(C)c(C(=O)N2CCN(c3nccs3)CC2)c(=O)o1. The van der Waals surface area contributed by atoms with Crippen LogP contribution in [0.3, 0.4) is 0 Å². The summed E-state index contributed by atoms with van der Waals surface area (Å²) in [7, 11) is 0. The fourth-order valence-electron chi connectivity index (χ4n) is 3.34. The third-order valence-corrected chi connectivity index (χ3v) is 5.68. The molecule has 1 atom stereocenters. The largest absolute Gasteiger partial charge is 0.427 e. The van der Waals surface area contributed by atoms with Gasteiger partial charge in [-0.25, -0.2) is 9.78 Å². The molecule has 1 fully saturated rings. The molecule has 26 heavy (non-hydrogen) atoms. The standard InChI is InChI=1S/C19H25N3O3S/c1-4-5-13(2)15-12-14(3)16(18(24)25-15)17(23)21-7-9-22(10-8-21)19-20-6-11-26-19/h6,11-13H,4-5,7-10H2,1-3H3. The molecule has 6 nitrogen and oxygen atoms in total. The third kappa shape index (κ3) is 3.82. The van der Waals surface area contributed by atoms with E-state index in [9.17, 15) is 9.59 Å². The number of carbonyl (C=O) groups excluding carboxylic acids is 1. The van der Waals surface area contributed by atoms with Crippen molar-refractivity contribution in [2.24, 2.45) is 0 Å². The van der Waals surface area contributed by atoms with E-state index in [0.717, 1.165) is 31.1 Å².